The number of amides is 1. The van der Waals surface area contributed by atoms with Gasteiger partial charge >= 0.3 is 11.6 Å². The van der Waals surface area contributed by atoms with E-state index in [4.69, 9.17) is 9.15 Å². The number of hydrogen-bond donors (Lipinski definition) is 2. The van der Waals surface area contributed by atoms with Gasteiger partial charge in [-0.1, -0.05) is 6.07 Å². The fourth-order valence-electron chi connectivity index (χ4n) is 2.73. The van der Waals surface area contributed by atoms with E-state index in [9.17, 15) is 19.5 Å². The summed E-state index contributed by atoms with van der Waals surface area (Å²) in [5, 5.41) is 12.9. The number of rotatable bonds is 4. The third kappa shape index (κ3) is 4.60. The van der Waals surface area contributed by atoms with E-state index in [0.717, 1.165) is 11.1 Å². The first-order valence-electron chi connectivity index (χ1n) is 8.86. The first-order chi connectivity index (χ1) is 13.7. The number of fused-ring (bicyclic) bond motifs is 1. The highest BCUT2D eigenvalue weighted by Gasteiger charge is 2.23. The summed E-state index contributed by atoms with van der Waals surface area (Å²) < 4.78 is 10.3. The lowest BCUT2D eigenvalue weighted by molar-refractivity contribution is -0.153. The molecule has 0 fully saturated rings. The molecule has 8 nitrogen and oxygen atoms in total. The lowest BCUT2D eigenvalue weighted by atomic mass is 10.0. The molecule has 2 heterocycles. The average Bonchev–Trinajstić information content (AvgIpc) is 2.65. The van der Waals surface area contributed by atoms with Crippen molar-refractivity contribution in [1.29, 1.82) is 0 Å². The number of pyridine rings is 1. The maximum Gasteiger partial charge on any atom is 0.353 e. The van der Waals surface area contributed by atoms with Crippen molar-refractivity contribution < 1.29 is 23.8 Å². The molecule has 0 bridgehead atoms. The van der Waals surface area contributed by atoms with Gasteiger partial charge in [0.2, 0.25) is 0 Å². The molecule has 3 aromatic rings. The number of esters is 1. The molecule has 0 aliphatic heterocycles. The van der Waals surface area contributed by atoms with Crippen molar-refractivity contribution in [3.05, 3.63) is 58.7 Å². The molecule has 2 N–H and O–H groups in total. The largest absolute Gasteiger partial charge is 0.506 e. The Hall–Kier alpha value is -3.68. The third-order valence-corrected chi connectivity index (χ3v) is 3.93. The summed E-state index contributed by atoms with van der Waals surface area (Å²) in [5.74, 6) is -2.11. The highest BCUT2D eigenvalue weighted by Crippen LogP contribution is 2.30. The number of carbonyl (C=O) groups excluding carboxylic acids is 2. The Morgan fingerprint density at radius 3 is 2.48 bits per heavy atom. The zero-order valence-electron chi connectivity index (χ0n) is 16.2. The second-order valence-electron chi connectivity index (χ2n) is 7.33. The summed E-state index contributed by atoms with van der Waals surface area (Å²) in [6.45, 7) is 4.62. The van der Waals surface area contributed by atoms with Gasteiger partial charge in [-0.15, -0.1) is 0 Å². The highest BCUT2D eigenvalue weighted by molar-refractivity contribution is 6.02. The maximum absolute atomic E-state index is 12.3. The van der Waals surface area contributed by atoms with E-state index in [1.54, 1.807) is 63.5 Å². The molecule has 0 aliphatic rings. The van der Waals surface area contributed by atoms with Crippen molar-refractivity contribution in [3.8, 4) is 16.9 Å². The highest BCUT2D eigenvalue weighted by atomic mass is 16.6. The SMILES string of the molecule is CC(C)(C)OC(=O)CNC(=O)c1c(O)c2ccc(-c3ccncc3)cc2oc1=O. The summed E-state index contributed by atoms with van der Waals surface area (Å²) in [6.07, 6.45) is 3.26. The second-order valence-corrected chi connectivity index (χ2v) is 7.33. The van der Waals surface area contributed by atoms with Crippen LogP contribution < -0.4 is 10.9 Å². The molecule has 8 heteroatoms. The molecule has 0 radical (unpaired) electrons. The summed E-state index contributed by atoms with van der Waals surface area (Å²) in [7, 11) is 0. The minimum Gasteiger partial charge on any atom is -0.506 e. The maximum atomic E-state index is 12.3. The van der Waals surface area contributed by atoms with E-state index in [1.807, 2.05) is 0 Å². The van der Waals surface area contributed by atoms with Crippen LogP contribution in [-0.4, -0.2) is 34.1 Å². The molecular weight excluding hydrogens is 376 g/mol. The molecule has 0 saturated carbocycles. The Morgan fingerprint density at radius 2 is 1.83 bits per heavy atom. The molecule has 0 spiro atoms. The molecule has 29 heavy (non-hydrogen) atoms. The van der Waals surface area contributed by atoms with Crippen LogP contribution in [0.1, 0.15) is 31.1 Å². The Labute approximate surface area is 166 Å². The second kappa shape index (κ2) is 7.75. The monoisotopic (exact) mass is 396 g/mol. The Morgan fingerprint density at radius 1 is 1.14 bits per heavy atom. The summed E-state index contributed by atoms with van der Waals surface area (Å²) in [4.78, 5) is 40.3. The van der Waals surface area contributed by atoms with E-state index in [2.05, 4.69) is 10.3 Å². The first kappa shape index (κ1) is 20.1. The third-order valence-electron chi connectivity index (χ3n) is 3.93. The van der Waals surface area contributed by atoms with Crippen molar-refractivity contribution in [2.45, 2.75) is 26.4 Å². The van der Waals surface area contributed by atoms with Gasteiger partial charge < -0.3 is 19.6 Å². The van der Waals surface area contributed by atoms with Crippen molar-refractivity contribution in [2.75, 3.05) is 6.54 Å². The van der Waals surface area contributed by atoms with E-state index in [1.165, 1.54) is 0 Å². The molecule has 0 unspecified atom stereocenters. The summed E-state index contributed by atoms with van der Waals surface area (Å²) in [6, 6.07) is 8.44. The topological polar surface area (TPSA) is 119 Å². The van der Waals surface area contributed by atoms with Crippen LogP contribution in [-0.2, 0) is 9.53 Å². The van der Waals surface area contributed by atoms with Crippen molar-refractivity contribution in [1.82, 2.24) is 10.3 Å². The lowest BCUT2D eigenvalue weighted by Gasteiger charge is -2.19. The number of nitrogens with zero attached hydrogens (tertiary/aromatic N) is 1. The Bertz CT molecular complexity index is 1130. The van der Waals surface area contributed by atoms with Crippen LogP contribution in [0.3, 0.4) is 0 Å². The van der Waals surface area contributed by atoms with Gasteiger partial charge in [0.05, 0.1) is 5.39 Å². The van der Waals surface area contributed by atoms with Crippen molar-refractivity contribution >= 4 is 22.8 Å². The minimum atomic E-state index is -1.01. The van der Waals surface area contributed by atoms with Crippen LogP contribution in [0.4, 0.5) is 0 Å². The number of ether oxygens (including phenoxy) is 1. The van der Waals surface area contributed by atoms with Crippen LogP contribution in [0, 0.1) is 0 Å². The predicted molar refractivity (Wildman–Crippen MR) is 106 cm³/mol. The van der Waals surface area contributed by atoms with Gasteiger partial charge in [-0.25, -0.2) is 4.79 Å². The van der Waals surface area contributed by atoms with Gasteiger partial charge in [-0.3, -0.25) is 14.6 Å². The van der Waals surface area contributed by atoms with Gasteiger partial charge in [0.1, 0.15) is 23.5 Å². The molecule has 1 aromatic carbocycles. The van der Waals surface area contributed by atoms with E-state index in [0.29, 0.717) is 0 Å². The van der Waals surface area contributed by atoms with E-state index in [-0.39, 0.29) is 11.0 Å². The van der Waals surface area contributed by atoms with Gasteiger partial charge in [0.25, 0.3) is 5.91 Å². The van der Waals surface area contributed by atoms with Crippen LogP contribution in [0.5, 0.6) is 5.75 Å². The van der Waals surface area contributed by atoms with Gasteiger partial charge in [-0.2, -0.15) is 0 Å². The fourth-order valence-corrected chi connectivity index (χ4v) is 2.73. The summed E-state index contributed by atoms with van der Waals surface area (Å²) >= 11 is 0. The smallest absolute Gasteiger partial charge is 0.353 e. The van der Waals surface area contributed by atoms with Crippen molar-refractivity contribution in [3.63, 3.8) is 0 Å². The van der Waals surface area contributed by atoms with Crippen LogP contribution >= 0.6 is 0 Å². The zero-order chi connectivity index (χ0) is 21.2. The average molecular weight is 396 g/mol. The number of aromatic hydroxyl groups is 1. The van der Waals surface area contributed by atoms with Gasteiger partial charge in [0.15, 0.2) is 5.56 Å². The fraction of sp³-hybridized carbons (Fsp3) is 0.238. The number of aromatic nitrogens is 1. The van der Waals surface area contributed by atoms with Gasteiger partial charge in [-0.05, 0) is 56.2 Å². The molecule has 1 amide bonds. The number of benzene rings is 1. The number of carbonyl (C=O) groups is 2. The molecule has 0 saturated heterocycles. The Kier molecular flexibility index (Phi) is 5.36. The molecule has 150 valence electrons. The number of nitrogens with one attached hydrogen (secondary N) is 1. The molecule has 2 aromatic heterocycles. The van der Waals surface area contributed by atoms with Crippen LogP contribution in [0.25, 0.3) is 22.1 Å². The quantitative estimate of drug-likeness (QED) is 0.514. The molecular formula is C21H20N2O6. The lowest BCUT2D eigenvalue weighted by Crippen LogP contribution is -2.36. The molecule has 0 aliphatic carbocycles. The normalized spacial score (nSPS) is 11.3. The first-order valence-corrected chi connectivity index (χ1v) is 8.86. The standard InChI is InChI=1S/C21H20N2O6/c1-21(2,3)29-16(24)11-23-19(26)17-18(25)14-5-4-13(10-15(14)28-20(17)27)12-6-8-22-9-7-12/h4-10,25H,11H2,1-3H3,(H,23,26). The molecule has 3 rings (SSSR count). The molecule has 0 atom stereocenters. The van der Waals surface area contributed by atoms with Gasteiger partial charge in [0, 0.05) is 12.4 Å². The summed E-state index contributed by atoms with van der Waals surface area (Å²) in [5.41, 5.74) is -0.557. The minimum absolute atomic E-state index is 0.130. The predicted octanol–water partition coefficient (Wildman–Crippen LogP) is 2.63. The zero-order valence-corrected chi connectivity index (χ0v) is 16.2. The number of hydrogen-bond acceptors (Lipinski definition) is 7. The van der Waals surface area contributed by atoms with Crippen LogP contribution in [0.15, 0.2) is 51.9 Å². The van der Waals surface area contributed by atoms with E-state index < -0.39 is 41.0 Å². The Balaban J connectivity index is 1.89. The van der Waals surface area contributed by atoms with Crippen molar-refractivity contribution in [2.24, 2.45) is 0 Å². The van der Waals surface area contributed by atoms with Crippen LogP contribution in [0.2, 0.25) is 0 Å². The van der Waals surface area contributed by atoms with E-state index >= 15 is 0 Å².